The van der Waals surface area contributed by atoms with Gasteiger partial charge in [-0.05, 0) is 25.1 Å². The van der Waals surface area contributed by atoms with E-state index in [1.807, 2.05) is 31.2 Å². The Morgan fingerprint density at radius 1 is 1.60 bits per heavy atom. The van der Waals surface area contributed by atoms with Gasteiger partial charge in [0.15, 0.2) is 0 Å². The molecule has 3 nitrogen and oxygen atoms in total. The number of hydrogen-bond acceptors (Lipinski definition) is 2. The van der Waals surface area contributed by atoms with Gasteiger partial charge in [-0.3, -0.25) is 4.79 Å². The molecular weight excluding hydrogens is 190 g/mol. The molecule has 0 aliphatic carbocycles. The number of carbonyl (C=O) groups is 1. The van der Waals surface area contributed by atoms with Gasteiger partial charge in [0.05, 0.1) is 12.2 Å². The number of amides is 1. The van der Waals surface area contributed by atoms with Crippen LogP contribution in [-0.4, -0.2) is 18.6 Å². The predicted octanol–water partition coefficient (Wildman–Crippen LogP) is 1.99. The minimum Gasteiger partial charge on any atom is -0.487 e. The van der Waals surface area contributed by atoms with Crippen molar-refractivity contribution in [1.29, 1.82) is 0 Å². The molecule has 1 aromatic rings. The zero-order chi connectivity index (χ0) is 10.8. The molecule has 0 fully saturated rings. The number of nitrogens with zero attached hydrogens (tertiary/aromatic N) is 1. The fraction of sp³-hybridized carbons (Fsp3) is 0.250. The number of carbonyl (C=O) groups excluding carboxylic acids is 1. The summed E-state index contributed by atoms with van der Waals surface area (Å²) in [5, 5.41) is 0. The van der Waals surface area contributed by atoms with Crippen molar-refractivity contribution in [3.63, 3.8) is 0 Å². The summed E-state index contributed by atoms with van der Waals surface area (Å²) in [6.45, 7) is 6.02. The summed E-state index contributed by atoms with van der Waals surface area (Å²) in [5.41, 5.74) is 0.820. The summed E-state index contributed by atoms with van der Waals surface area (Å²) in [4.78, 5) is 13.3. The lowest BCUT2D eigenvalue weighted by molar-refractivity contribution is -0.114. The van der Waals surface area contributed by atoms with Gasteiger partial charge in [0.2, 0.25) is 0 Å². The summed E-state index contributed by atoms with van der Waals surface area (Å²) in [5.74, 6) is 0.670. The van der Waals surface area contributed by atoms with Crippen LogP contribution in [-0.2, 0) is 4.79 Å². The van der Waals surface area contributed by atoms with Crippen molar-refractivity contribution in [3.05, 3.63) is 36.9 Å². The van der Waals surface area contributed by atoms with E-state index in [1.165, 1.54) is 6.08 Å². The van der Waals surface area contributed by atoms with E-state index in [4.69, 9.17) is 4.74 Å². The van der Waals surface area contributed by atoms with Crippen molar-refractivity contribution in [2.75, 3.05) is 11.4 Å². The van der Waals surface area contributed by atoms with Crippen molar-refractivity contribution in [1.82, 2.24) is 0 Å². The SMILES string of the molecule is C=CC(=O)N1CC(C)Oc2ccccc21. The van der Waals surface area contributed by atoms with Crippen molar-refractivity contribution in [2.45, 2.75) is 13.0 Å². The van der Waals surface area contributed by atoms with E-state index in [0.717, 1.165) is 11.4 Å². The van der Waals surface area contributed by atoms with Gasteiger partial charge in [-0.15, -0.1) is 0 Å². The molecule has 15 heavy (non-hydrogen) atoms. The maximum atomic E-state index is 11.6. The molecule has 1 aliphatic heterocycles. The van der Waals surface area contributed by atoms with E-state index in [2.05, 4.69) is 6.58 Å². The number of rotatable bonds is 1. The van der Waals surface area contributed by atoms with E-state index in [0.29, 0.717) is 6.54 Å². The van der Waals surface area contributed by atoms with Gasteiger partial charge < -0.3 is 9.64 Å². The Kier molecular flexibility index (Phi) is 2.46. The van der Waals surface area contributed by atoms with Gasteiger partial charge in [-0.1, -0.05) is 18.7 Å². The molecule has 1 unspecified atom stereocenters. The minimum atomic E-state index is -0.0856. The van der Waals surface area contributed by atoms with Crippen LogP contribution in [0.4, 0.5) is 5.69 Å². The van der Waals surface area contributed by atoms with Crippen molar-refractivity contribution >= 4 is 11.6 Å². The molecule has 1 atom stereocenters. The van der Waals surface area contributed by atoms with Crippen LogP contribution in [0.15, 0.2) is 36.9 Å². The molecule has 0 N–H and O–H groups in total. The summed E-state index contributed by atoms with van der Waals surface area (Å²) in [6, 6.07) is 7.53. The van der Waals surface area contributed by atoms with Crippen LogP contribution in [0.1, 0.15) is 6.92 Å². The largest absolute Gasteiger partial charge is 0.487 e. The van der Waals surface area contributed by atoms with E-state index in [1.54, 1.807) is 4.90 Å². The van der Waals surface area contributed by atoms with E-state index in [-0.39, 0.29) is 12.0 Å². The van der Waals surface area contributed by atoms with Gasteiger partial charge in [0.1, 0.15) is 11.9 Å². The fourth-order valence-electron chi connectivity index (χ4n) is 1.71. The Morgan fingerprint density at radius 2 is 2.33 bits per heavy atom. The Hall–Kier alpha value is -1.77. The second-order valence-corrected chi connectivity index (χ2v) is 3.55. The monoisotopic (exact) mass is 203 g/mol. The molecule has 0 saturated carbocycles. The molecule has 1 heterocycles. The van der Waals surface area contributed by atoms with Gasteiger partial charge in [0, 0.05) is 0 Å². The summed E-state index contributed by atoms with van der Waals surface area (Å²) >= 11 is 0. The first-order valence-electron chi connectivity index (χ1n) is 4.92. The topological polar surface area (TPSA) is 29.5 Å². The second-order valence-electron chi connectivity index (χ2n) is 3.55. The average Bonchev–Trinajstić information content (AvgIpc) is 2.26. The number of ether oxygens (including phenoxy) is 1. The van der Waals surface area contributed by atoms with E-state index >= 15 is 0 Å². The number of fused-ring (bicyclic) bond motifs is 1. The van der Waals surface area contributed by atoms with Gasteiger partial charge >= 0.3 is 0 Å². The third-order valence-corrected chi connectivity index (χ3v) is 2.36. The van der Waals surface area contributed by atoms with Crippen LogP contribution in [0.3, 0.4) is 0 Å². The third-order valence-electron chi connectivity index (χ3n) is 2.36. The Bertz CT molecular complexity index is 400. The van der Waals surface area contributed by atoms with Crippen molar-refractivity contribution in [2.24, 2.45) is 0 Å². The molecule has 3 heteroatoms. The Morgan fingerprint density at radius 3 is 3.07 bits per heavy atom. The molecule has 0 aromatic heterocycles. The zero-order valence-electron chi connectivity index (χ0n) is 8.64. The quantitative estimate of drug-likeness (QED) is 0.653. The summed E-state index contributed by atoms with van der Waals surface area (Å²) in [6.07, 6.45) is 1.35. The van der Waals surface area contributed by atoms with Crippen LogP contribution < -0.4 is 9.64 Å². The van der Waals surface area contributed by atoms with Crippen molar-refractivity contribution in [3.8, 4) is 5.75 Å². The van der Waals surface area contributed by atoms with Crippen LogP contribution in [0, 0.1) is 0 Å². The molecule has 0 spiro atoms. The van der Waals surface area contributed by atoms with E-state index < -0.39 is 0 Å². The third kappa shape index (κ3) is 1.73. The molecule has 0 saturated heterocycles. The highest BCUT2D eigenvalue weighted by Gasteiger charge is 2.25. The zero-order valence-corrected chi connectivity index (χ0v) is 8.64. The number of hydrogen-bond donors (Lipinski definition) is 0. The van der Waals surface area contributed by atoms with Crippen LogP contribution in [0.25, 0.3) is 0 Å². The minimum absolute atomic E-state index is 0.0174. The van der Waals surface area contributed by atoms with Crippen LogP contribution in [0.5, 0.6) is 5.75 Å². The number of anilines is 1. The second kappa shape index (κ2) is 3.77. The van der Waals surface area contributed by atoms with Gasteiger partial charge in [0.25, 0.3) is 5.91 Å². The van der Waals surface area contributed by atoms with Crippen LogP contribution >= 0.6 is 0 Å². The average molecular weight is 203 g/mol. The highest BCUT2D eigenvalue weighted by atomic mass is 16.5. The number of para-hydroxylation sites is 2. The molecular formula is C12H13NO2. The lowest BCUT2D eigenvalue weighted by Gasteiger charge is -2.32. The molecule has 0 bridgehead atoms. The predicted molar refractivity (Wildman–Crippen MR) is 59.1 cm³/mol. The number of benzene rings is 1. The molecule has 78 valence electrons. The summed E-state index contributed by atoms with van der Waals surface area (Å²) < 4.78 is 5.63. The van der Waals surface area contributed by atoms with Crippen molar-refractivity contribution < 1.29 is 9.53 Å². The summed E-state index contributed by atoms with van der Waals surface area (Å²) in [7, 11) is 0. The van der Waals surface area contributed by atoms with Gasteiger partial charge in [-0.25, -0.2) is 0 Å². The first kappa shape index (κ1) is 9.77. The Labute approximate surface area is 89.0 Å². The highest BCUT2D eigenvalue weighted by Crippen LogP contribution is 2.32. The Balaban J connectivity index is 2.42. The standard InChI is InChI=1S/C12H13NO2/c1-3-12(14)13-8-9(2)15-11-7-5-4-6-10(11)13/h3-7,9H,1,8H2,2H3. The smallest absolute Gasteiger partial charge is 0.250 e. The first-order valence-corrected chi connectivity index (χ1v) is 4.92. The first-order chi connectivity index (χ1) is 7.22. The van der Waals surface area contributed by atoms with E-state index in [9.17, 15) is 4.79 Å². The molecule has 2 rings (SSSR count). The van der Waals surface area contributed by atoms with Crippen LogP contribution in [0.2, 0.25) is 0 Å². The maximum Gasteiger partial charge on any atom is 0.250 e. The fourth-order valence-corrected chi connectivity index (χ4v) is 1.71. The molecule has 0 radical (unpaired) electrons. The molecule has 1 aliphatic rings. The molecule has 1 amide bonds. The molecule has 1 aromatic carbocycles. The lowest BCUT2D eigenvalue weighted by Crippen LogP contribution is -2.41. The highest BCUT2D eigenvalue weighted by molar-refractivity contribution is 6.02. The lowest BCUT2D eigenvalue weighted by atomic mass is 10.2. The van der Waals surface area contributed by atoms with Gasteiger partial charge in [-0.2, -0.15) is 0 Å². The normalized spacial score (nSPS) is 19.0. The maximum absolute atomic E-state index is 11.6.